The standard InChI is InChI=1S/C12H18N4O/c1-3-6-16-8-5-13-11(16)9-10(17)12-14-4-7-15(12)2/h4-5,7-8,10,17H,3,6,9H2,1-2H3. The number of aryl methyl sites for hydroxylation is 2. The summed E-state index contributed by atoms with van der Waals surface area (Å²) < 4.78 is 3.91. The fourth-order valence-corrected chi connectivity index (χ4v) is 1.94. The Balaban J connectivity index is 2.10. The third-order valence-corrected chi connectivity index (χ3v) is 2.80. The first-order valence-corrected chi connectivity index (χ1v) is 5.87. The van der Waals surface area contributed by atoms with Crippen LogP contribution < -0.4 is 0 Å². The zero-order valence-corrected chi connectivity index (χ0v) is 10.2. The molecule has 2 aromatic heterocycles. The van der Waals surface area contributed by atoms with Crippen LogP contribution >= 0.6 is 0 Å². The molecule has 0 aliphatic rings. The molecule has 0 fully saturated rings. The third-order valence-electron chi connectivity index (χ3n) is 2.80. The first-order chi connectivity index (χ1) is 8.22. The number of aliphatic hydroxyl groups excluding tert-OH is 1. The van der Waals surface area contributed by atoms with Crippen LogP contribution in [0.4, 0.5) is 0 Å². The van der Waals surface area contributed by atoms with E-state index in [0.717, 1.165) is 18.8 Å². The fraction of sp³-hybridized carbons (Fsp3) is 0.500. The lowest BCUT2D eigenvalue weighted by molar-refractivity contribution is 0.161. The van der Waals surface area contributed by atoms with Gasteiger partial charge in [-0.05, 0) is 6.42 Å². The molecule has 0 bridgehead atoms. The van der Waals surface area contributed by atoms with Crippen molar-refractivity contribution in [2.24, 2.45) is 7.05 Å². The van der Waals surface area contributed by atoms with Gasteiger partial charge in [-0.1, -0.05) is 6.92 Å². The van der Waals surface area contributed by atoms with E-state index in [1.165, 1.54) is 0 Å². The number of aromatic nitrogens is 4. The molecule has 0 aromatic carbocycles. The lowest BCUT2D eigenvalue weighted by Gasteiger charge is -2.11. The molecule has 2 rings (SSSR count). The van der Waals surface area contributed by atoms with Crippen LogP contribution in [0.2, 0.25) is 0 Å². The van der Waals surface area contributed by atoms with Crippen LogP contribution in [-0.2, 0) is 20.0 Å². The van der Waals surface area contributed by atoms with E-state index in [0.29, 0.717) is 12.2 Å². The number of hydrogen-bond acceptors (Lipinski definition) is 3. The molecule has 1 atom stereocenters. The summed E-state index contributed by atoms with van der Waals surface area (Å²) in [6.45, 7) is 3.06. The van der Waals surface area contributed by atoms with E-state index in [4.69, 9.17) is 0 Å². The highest BCUT2D eigenvalue weighted by atomic mass is 16.3. The summed E-state index contributed by atoms with van der Waals surface area (Å²) in [7, 11) is 1.88. The molecule has 17 heavy (non-hydrogen) atoms. The van der Waals surface area contributed by atoms with Crippen LogP contribution in [-0.4, -0.2) is 24.2 Å². The highest BCUT2D eigenvalue weighted by Crippen LogP contribution is 2.15. The van der Waals surface area contributed by atoms with Crippen molar-refractivity contribution in [3.05, 3.63) is 36.4 Å². The second-order valence-electron chi connectivity index (χ2n) is 4.15. The fourth-order valence-electron chi connectivity index (χ4n) is 1.94. The van der Waals surface area contributed by atoms with Crippen LogP contribution in [0.25, 0.3) is 0 Å². The largest absolute Gasteiger partial charge is 0.385 e. The van der Waals surface area contributed by atoms with Gasteiger partial charge in [-0.2, -0.15) is 0 Å². The van der Waals surface area contributed by atoms with E-state index in [-0.39, 0.29) is 0 Å². The molecule has 0 amide bonds. The Labute approximate surface area is 101 Å². The van der Waals surface area contributed by atoms with Crippen LogP contribution in [0.1, 0.15) is 31.1 Å². The summed E-state index contributed by atoms with van der Waals surface area (Å²) in [5.41, 5.74) is 0. The van der Waals surface area contributed by atoms with E-state index in [2.05, 4.69) is 21.5 Å². The summed E-state index contributed by atoms with van der Waals surface area (Å²) in [6, 6.07) is 0. The van der Waals surface area contributed by atoms with E-state index in [1.807, 2.05) is 24.0 Å². The van der Waals surface area contributed by atoms with Crippen molar-refractivity contribution in [2.45, 2.75) is 32.4 Å². The Bertz CT molecular complexity index is 474. The van der Waals surface area contributed by atoms with Gasteiger partial charge in [0.15, 0.2) is 0 Å². The maximum absolute atomic E-state index is 10.1. The second kappa shape index (κ2) is 5.14. The maximum Gasteiger partial charge on any atom is 0.137 e. The SMILES string of the molecule is CCCn1ccnc1CC(O)c1nccn1C. The summed E-state index contributed by atoms with van der Waals surface area (Å²) in [5.74, 6) is 1.58. The van der Waals surface area contributed by atoms with Gasteiger partial charge >= 0.3 is 0 Å². The van der Waals surface area contributed by atoms with Gasteiger partial charge in [-0.25, -0.2) is 9.97 Å². The molecule has 5 heteroatoms. The number of nitrogens with zero attached hydrogens (tertiary/aromatic N) is 4. The van der Waals surface area contributed by atoms with Crippen molar-refractivity contribution in [1.29, 1.82) is 0 Å². The Hall–Kier alpha value is -1.62. The molecule has 0 aliphatic carbocycles. The Morgan fingerprint density at radius 1 is 1.29 bits per heavy atom. The number of rotatable bonds is 5. The van der Waals surface area contributed by atoms with Gasteiger partial charge in [0.2, 0.25) is 0 Å². The van der Waals surface area contributed by atoms with Crippen molar-refractivity contribution >= 4 is 0 Å². The molecule has 2 aromatic rings. The average Bonchev–Trinajstić information content (AvgIpc) is 2.89. The molecule has 0 radical (unpaired) electrons. The smallest absolute Gasteiger partial charge is 0.137 e. The molecule has 92 valence electrons. The summed E-state index contributed by atoms with van der Waals surface area (Å²) in [6.07, 6.45) is 8.20. The van der Waals surface area contributed by atoms with Gasteiger partial charge in [0, 0.05) is 44.8 Å². The van der Waals surface area contributed by atoms with E-state index in [1.54, 1.807) is 12.4 Å². The predicted octanol–water partition coefficient (Wildman–Crippen LogP) is 1.30. The topological polar surface area (TPSA) is 55.9 Å². The van der Waals surface area contributed by atoms with Crippen LogP contribution in [0.15, 0.2) is 24.8 Å². The predicted molar refractivity (Wildman–Crippen MR) is 64.4 cm³/mol. The maximum atomic E-state index is 10.1. The Morgan fingerprint density at radius 3 is 2.71 bits per heavy atom. The quantitative estimate of drug-likeness (QED) is 0.848. The van der Waals surface area contributed by atoms with Crippen molar-refractivity contribution in [3.63, 3.8) is 0 Å². The minimum atomic E-state index is -0.604. The minimum Gasteiger partial charge on any atom is -0.385 e. The zero-order chi connectivity index (χ0) is 12.3. The van der Waals surface area contributed by atoms with Crippen molar-refractivity contribution in [3.8, 4) is 0 Å². The molecular formula is C12H18N4O. The van der Waals surface area contributed by atoms with Crippen LogP contribution in [0.5, 0.6) is 0 Å². The van der Waals surface area contributed by atoms with Gasteiger partial charge in [0.05, 0.1) is 0 Å². The third kappa shape index (κ3) is 2.55. The Morgan fingerprint density at radius 2 is 2.06 bits per heavy atom. The van der Waals surface area contributed by atoms with Gasteiger partial charge in [0.25, 0.3) is 0 Å². The highest BCUT2D eigenvalue weighted by molar-refractivity contribution is 5.02. The molecule has 0 saturated carbocycles. The summed E-state index contributed by atoms with van der Waals surface area (Å²) >= 11 is 0. The van der Waals surface area contributed by atoms with Gasteiger partial charge in [-0.3, -0.25) is 0 Å². The normalized spacial score (nSPS) is 12.9. The summed E-state index contributed by atoms with van der Waals surface area (Å²) in [4.78, 5) is 8.43. The monoisotopic (exact) mass is 234 g/mol. The zero-order valence-electron chi connectivity index (χ0n) is 10.2. The van der Waals surface area contributed by atoms with E-state index in [9.17, 15) is 5.11 Å². The first-order valence-electron chi connectivity index (χ1n) is 5.87. The van der Waals surface area contributed by atoms with Crippen LogP contribution in [0.3, 0.4) is 0 Å². The van der Waals surface area contributed by atoms with Crippen molar-refractivity contribution < 1.29 is 5.11 Å². The van der Waals surface area contributed by atoms with E-state index < -0.39 is 6.10 Å². The molecule has 5 nitrogen and oxygen atoms in total. The molecule has 0 spiro atoms. The van der Waals surface area contributed by atoms with E-state index >= 15 is 0 Å². The molecule has 0 aliphatic heterocycles. The van der Waals surface area contributed by atoms with Crippen molar-refractivity contribution in [1.82, 2.24) is 19.1 Å². The first kappa shape index (κ1) is 11.9. The Kier molecular flexibility index (Phi) is 3.58. The number of aliphatic hydroxyl groups is 1. The highest BCUT2D eigenvalue weighted by Gasteiger charge is 2.15. The molecule has 1 N–H and O–H groups in total. The second-order valence-corrected chi connectivity index (χ2v) is 4.15. The van der Waals surface area contributed by atoms with Crippen LogP contribution in [0, 0.1) is 0 Å². The van der Waals surface area contributed by atoms with Gasteiger partial charge in [0.1, 0.15) is 17.8 Å². The molecule has 0 saturated heterocycles. The lowest BCUT2D eigenvalue weighted by atomic mass is 10.2. The molecule has 2 heterocycles. The lowest BCUT2D eigenvalue weighted by Crippen LogP contribution is -2.12. The minimum absolute atomic E-state index is 0.498. The average molecular weight is 234 g/mol. The molecule has 1 unspecified atom stereocenters. The van der Waals surface area contributed by atoms with Gasteiger partial charge in [-0.15, -0.1) is 0 Å². The number of imidazole rings is 2. The summed E-state index contributed by atoms with van der Waals surface area (Å²) in [5, 5.41) is 10.1. The van der Waals surface area contributed by atoms with Gasteiger partial charge < -0.3 is 14.2 Å². The molecular weight excluding hydrogens is 216 g/mol. The number of hydrogen-bond donors (Lipinski definition) is 1. The van der Waals surface area contributed by atoms with Crippen molar-refractivity contribution in [2.75, 3.05) is 0 Å².